The Morgan fingerprint density at radius 3 is 2.77 bits per heavy atom. The fourth-order valence-corrected chi connectivity index (χ4v) is 4.54. The van der Waals surface area contributed by atoms with Crippen molar-refractivity contribution in [3.63, 3.8) is 0 Å². The number of benzene rings is 2. The van der Waals surface area contributed by atoms with Crippen molar-refractivity contribution in [2.24, 2.45) is 0 Å². The van der Waals surface area contributed by atoms with Gasteiger partial charge in [0.2, 0.25) is 11.1 Å². The lowest BCUT2D eigenvalue weighted by Crippen LogP contribution is -2.28. The average molecular weight is 440 g/mol. The number of aryl methyl sites for hydroxylation is 2. The number of nitrogen functional groups attached to an aromatic ring is 1. The van der Waals surface area contributed by atoms with Crippen LogP contribution in [0.15, 0.2) is 47.6 Å². The first kappa shape index (κ1) is 21.4. The number of carbonyl (C=O) groups excluding carboxylic acids is 1. The summed E-state index contributed by atoms with van der Waals surface area (Å²) in [5.41, 5.74) is 4.44. The Labute approximate surface area is 185 Å². The topological polar surface area (TPSA) is 85.8 Å². The summed E-state index contributed by atoms with van der Waals surface area (Å²) in [4.78, 5) is 12.5. The van der Waals surface area contributed by atoms with Gasteiger partial charge in [-0.05, 0) is 60.9 Å². The van der Waals surface area contributed by atoms with E-state index in [1.54, 1.807) is 18.2 Å². The smallest absolute Gasteiger partial charge is 0.230 e. The predicted octanol–water partition coefficient (Wildman–Crippen LogP) is 3.57. The Balaban J connectivity index is 1.33. The Hall–Kier alpha value is -2.87. The number of thioether (sulfide) groups is 1. The van der Waals surface area contributed by atoms with Gasteiger partial charge in [0.1, 0.15) is 5.82 Å². The molecule has 2 aromatic carbocycles. The molecular formula is C23H26FN5OS. The molecule has 0 fully saturated rings. The summed E-state index contributed by atoms with van der Waals surface area (Å²) < 4.78 is 15.2. The Bertz CT molecular complexity index is 1080. The lowest BCUT2D eigenvalue weighted by molar-refractivity contribution is -0.119. The minimum absolute atomic E-state index is 0.0762. The number of nitrogens with one attached hydrogen (secondary N) is 1. The molecule has 1 unspecified atom stereocenters. The highest BCUT2D eigenvalue weighted by Crippen LogP contribution is 2.25. The SMILES string of the molecule is CC(NC(=O)CSc1nnc(Cc2ccccc2F)n1N)c1ccc2c(c1)CCCC2. The molecule has 8 heteroatoms. The Morgan fingerprint density at radius 1 is 1.19 bits per heavy atom. The van der Waals surface area contributed by atoms with E-state index >= 15 is 0 Å². The van der Waals surface area contributed by atoms with E-state index in [9.17, 15) is 9.18 Å². The van der Waals surface area contributed by atoms with Crippen LogP contribution in [0.25, 0.3) is 0 Å². The van der Waals surface area contributed by atoms with Gasteiger partial charge in [0.05, 0.1) is 11.8 Å². The maximum atomic E-state index is 13.9. The van der Waals surface area contributed by atoms with Gasteiger partial charge < -0.3 is 11.2 Å². The van der Waals surface area contributed by atoms with Crippen LogP contribution in [0.3, 0.4) is 0 Å². The second-order valence-electron chi connectivity index (χ2n) is 7.85. The van der Waals surface area contributed by atoms with Gasteiger partial charge in [0.25, 0.3) is 0 Å². The molecule has 1 aromatic heterocycles. The van der Waals surface area contributed by atoms with Crippen molar-refractivity contribution >= 4 is 17.7 Å². The molecule has 0 saturated carbocycles. The number of hydrogen-bond acceptors (Lipinski definition) is 5. The summed E-state index contributed by atoms with van der Waals surface area (Å²) in [5.74, 6) is 6.26. The van der Waals surface area contributed by atoms with Crippen molar-refractivity contribution in [2.45, 2.75) is 50.2 Å². The van der Waals surface area contributed by atoms with Crippen molar-refractivity contribution in [1.82, 2.24) is 20.2 Å². The van der Waals surface area contributed by atoms with Gasteiger partial charge in [-0.15, -0.1) is 10.2 Å². The number of fused-ring (bicyclic) bond motifs is 1. The number of carbonyl (C=O) groups is 1. The van der Waals surface area contributed by atoms with Gasteiger partial charge >= 0.3 is 0 Å². The third-order valence-electron chi connectivity index (χ3n) is 5.62. The van der Waals surface area contributed by atoms with Crippen LogP contribution < -0.4 is 11.2 Å². The molecule has 31 heavy (non-hydrogen) atoms. The molecule has 6 nitrogen and oxygen atoms in total. The predicted molar refractivity (Wildman–Crippen MR) is 120 cm³/mol. The first-order chi connectivity index (χ1) is 15.0. The summed E-state index contributed by atoms with van der Waals surface area (Å²) >= 11 is 1.21. The molecular weight excluding hydrogens is 413 g/mol. The van der Waals surface area contributed by atoms with Crippen LogP contribution in [-0.4, -0.2) is 26.5 Å². The molecule has 162 valence electrons. The molecule has 0 radical (unpaired) electrons. The summed E-state index contributed by atoms with van der Waals surface area (Å²) in [7, 11) is 0. The van der Waals surface area contributed by atoms with E-state index in [0.717, 1.165) is 18.4 Å². The number of rotatable bonds is 7. The fraction of sp³-hybridized carbons (Fsp3) is 0.348. The molecule has 1 amide bonds. The van der Waals surface area contributed by atoms with Gasteiger partial charge in [-0.3, -0.25) is 4.79 Å². The third-order valence-corrected chi connectivity index (χ3v) is 6.57. The Kier molecular flexibility index (Phi) is 6.56. The molecule has 0 aliphatic heterocycles. The third kappa shape index (κ3) is 5.07. The zero-order chi connectivity index (χ0) is 21.8. The maximum Gasteiger partial charge on any atom is 0.230 e. The van der Waals surface area contributed by atoms with E-state index < -0.39 is 0 Å². The fourth-order valence-electron chi connectivity index (χ4n) is 3.86. The van der Waals surface area contributed by atoms with Crippen LogP contribution in [0.4, 0.5) is 4.39 Å². The highest BCUT2D eigenvalue weighted by molar-refractivity contribution is 7.99. The van der Waals surface area contributed by atoms with Gasteiger partial charge in [-0.2, -0.15) is 0 Å². The van der Waals surface area contributed by atoms with Gasteiger partial charge in [-0.25, -0.2) is 9.07 Å². The standard InChI is InChI=1S/C23H26FN5OS/c1-15(17-11-10-16-6-2-3-7-18(16)12-17)26-22(30)14-31-23-28-27-21(29(23)25)13-19-8-4-5-9-20(19)24/h4-5,8-12,15H,2-3,6-7,13-14,25H2,1H3,(H,26,30). The molecule has 3 aromatic rings. The minimum atomic E-state index is -0.310. The largest absolute Gasteiger partial charge is 0.349 e. The van der Waals surface area contributed by atoms with E-state index in [1.807, 2.05) is 6.92 Å². The highest BCUT2D eigenvalue weighted by atomic mass is 32.2. The lowest BCUT2D eigenvalue weighted by atomic mass is 9.89. The quantitative estimate of drug-likeness (QED) is 0.434. The normalized spacial score (nSPS) is 14.1. The molecule has 1 aliphatic rings. The Morgan fingerprint density at radius 2 is 1.97 bits per heavy atom. The summed E-state index contributed by atoms with van der Waals surface area (Å²) in [6, 6.07) is 12.9. The van der Waals surface area contributed by atoms with Crippen LogP contribution >= 0.6 is 11.8 Å². The number of nitrogens with zero attached hydrogens (tertiary/aromatic N) is 3. The summed E-state index contributed by atoms with van der Waals surface area (Å²) in [6.45, 7) is 1.99. The molecule has 0 spiro atoms. The molecule has 1 aliphatic carbocycles. The van der Waals surface area contributed by atoms with Crippen LogP contribution in [0.1, 0.15) is 53.9 Å². The highest BCUT2D eigenvalue weighted by Gasteiger charge is 2.17. The van der Waals surface area contributed by atoms with Crippen LogP contribution in [0, 0.1) is 5.82 Å². The lowest BCUT2D eigenvalue weighted by Gasteiger charge is -2.20. The number of amides is 1. The first-order valence-corrected chi connectivity index (χ1v) is 11.5. The zero-order valence-corrected chi connectivity index (χ0v) is 18.3. The van der Waals surface area contributed by atoms with Crippen LogP contribution in [-0.2, 0) is 24.1 Å². The first-order valence-electron chi connectivity index (χ1n) is 10.5. The molecule has 1 heterocycles. The van der Waals surface area contributed by atoms with E-state index in [2.05, 4.69) is 33.7 Å². The van der Waals surface area contributed by atoms with Crippen LogP contribution in [0.5, 0.6) is 0 Å². The molecule has 3 N–H and O–H groups in total. The van der Waals surface area contributed by atoms with Crippen molar-refractivity contribution in [3.05, 3.63) is 76.4 Å². The number of aromatic nitrogens is 3. The molecule has 0 bridgehead atoms. The molecule has 1 atom stereocenters. The number of hydrogen-bond donors (Lipinski definition) is 2. The van der Waals surface area contributed by atoms with Gasteiger partial charge in [0, 0.05) is 6.42 Å². The van der Waals surface area contributed by atoms with E-state index in [4.69, 9.17) is 5.84 Å². The van der Waals surface area contributed by atoms with Crippen molar-refractivity contribution in [3.8, 4) is 0 Å². The van der Waals surface area contributed by atoms with Gasteiger partial charge in [0.15, 0.2) is 5.82 Å². The summed E-state index contributed by atoms with van der Waals surface area (Å²) in [6.07, 6.45) is 4.97. The molecule has 0 saturated heterocycles. The summed E-state index contributed by atoms with van der Waals surface area (Å²) in [5, 5.41) is 11.6. The average Bonchev–Trinajstić information content (AvgIpc) is 3.12. The van der Waals surface area contributed by atoms with Crippen LogP contribution in [0.2, 0.25) is 0 Å². The van der Waals surface area contributed by atoms with E-state index in [1.165, 1.54) is 46.5 Å². The van der Waals surface area contributed by atoms with Crippen molar-refractivity contribution in [2.75, 3.05) is 11.6 Å². The molecule has 4 rings (SSSR count). The second kappa shape index (κ2) is 9.51. The van der Waals surface area contributed by atoms with Crippen molar-refractivity contribution < 1.29 is 9.18 Å². The maximum absolute atomic E-state index is 13.9. The number of nitrogens with two attached hydrogens (primary N) is 1. The van der Waals surface area contributed by atoms with E-state index in [-0.39, 0.29) is 29.9 Å². The van der Waals surface area contributed by atoms with Crippen molar-refractivity contribution in [1.29, 1.82) is 0 Å². The monoisotopic (exact) mass is 439 g/mol. The van der Waals surface area contributed by atoms with E-state index in [0.29, 0.717) is 16.5 Å². The number of halogens is 1. The second-order valence-corrected chi connectivity index (χ2v) is 8.79. The zero-order valence-electron chi connectivity index (χ0n) is 17.5. The van der Waals surface area contributed by atoms with Gasteiger partial charge in [-0.1, -0.05) is 48.2 Å². The minimum Gasteiger partial charge on any atom is -0.349 e.